The molecule has 5 nitrogen and oxygen atoms in total. The minimum absolute atomic E-state index is 0.0159. The Bertz CT molecular complexity index is 661. The van der Waals surface area contributed by atoms with Gasteiger partial charge in [-0.1, -0.05) is 18.2 Å². The summed E-state index contributed by atoms with van der Waals surface area (Å²) in [6, 6.07) is 8.42. The van der Waals surface area contributed by atoms with E-state index in [0.29, 0.717) is 19.7 Å². The molecule has 2 amide bonds. The summed E-state index contributed by atoms with van der Waals surface area (Å²) in [5.41, 5.74) is 2.33. The van der Waals surface area contributed by atoms with Gasteiger partial charge >= 0.3 is 0 Å². The summed E-state index contributed by atoms with van der Waals surface area (Å²) < 4.78 is 5.51. The van der Waals surface area contributed by atoms with E-state index in [-0.39, 0.29) is 29.9 Å². The number of benzene rings is 1. The molecule has 2 fully saturated rings. The highest BCUT2D eigenvalue weighted by molar-refractivity contribution is 5.97. The zero-order valence-corrected chi connectivity index (χ0v) is 14.8. The number of carbonyl (C=O) groups is 2. The molecule has 25 heavy (non-hydrogen) atoms. The summed E-state index contributed by atoms with van der Waals surface area (Å²) in [6.45, 7) is 4.14. The van der Waals surface area contributed by atoms with Crippen molar-refractivity contribution in [2.75, 3.05) is 24.6 Å². The molecule has 2 atom stereocenters. The lowest BCUT2D eigenvalue weighted by molar-refractivity contribution is -0.143. The lowest BCUT2D eigenvalue weighted by Crippen LogP contribution is -2.48. The van der Waals surface area contributed by atoms with E-state index >= 15 is 0 Å². The van der Waals surface area contributed by atoms with Gasteiger partial charge in [-0.05, 0) is 50.7 Å². The van der Waals surface area contributed by atoms with Gasteiger partial charge in [-0.3, -0.25) is 9.59 Å². The lowest BCUT2D eigenvalue weighted by Gasteiger charge is -2.35. The molecule has 4 rings (SSSR count). The molecule has 0 N–H and O–H groups in total. The van der Waals surface area contributed by atoms with E-state index in [1.807, 2.05) is 28.0 Å². The fourth-order valence-corrected chi connectivity index (χ4v) is 4.42. The maximum atomic E-state index is 13.1. The number of ether oxygens (including phenoxy) is 1. The first-order chi connectivity index (χ1) is 12.1. The number of anilines is 1. The van der Waals surface area contributed by atoms with Crippen LogP contribution >= 0.6 is 0 Å². The molecule has 2 saturated heterocycles. The molecule has 0 aromatic heterocycles. The van der Waals surface area contributed by atoms with Crippen LogP contribution in [0.25, 0.3) is 0 Å². The number of nitrogens with zero attached hydrogens (tertiary/aromatic N) is 2. The lowest BCUT2D eigenvalue weighted by atomic mass is 9.94. The largest absolute Gasteiger partial charge is 0.368 e. The van der Waals surface area contributed by atoms with Gasteiger partial charge in [0.05, 0.1) is 0 Å². The Hall–Kier alpha value is -1.88. The molecular weight excluding hydrogens is 316 g/mol. The van der Waals surface area contributed by atoms with Crippen LogP contribution in [0.5, 0.6) is 0 Å². The molecular formula is C20H26N2O3. The first kappa shape index (κ1) is 16.6. The van der Waals surface area contributed by atoms with Gasteiger partial charge in [-0.15, -0.1) is 0 Å². The van der Waals surface area contributed by atoms with Crippen molar-refractivity contribution in [1.29, 1.82) is 0 Å². The number of carbonyl (C=O) groups excluding carboxylic acids is 2. The minimum Gasteiger partial charge on any atom is -0.368 e. The second-order valence-corrected chi connectivity index (χ2v) is 7.49. The number of amides is 2. The standard InChI is InChI=1S/C20H26N2O3/c1-14-13-16-5-2-3-6-17(16)22(14)19(23)15-8-10-21(11-9-15)20(24)18-7-4-12-25-18/h2-3,5-6,14-15,18H,4,7-13H2,1H3. The van der Waals surface area contributed by atoms with Crippen LogP contribution in [0.4, 0.5) is 5.69 Å². The van der Waals surface area contributed by atoms with Crippen molar-refractivity contribution in [2.45, 2.75) is 51.2 Å². The third kappa shape index (κ3) is 3.06. The summed E-state index contributed by atoms with van der Waals surface area (Å²) >= 11 is 0. The predicted molar refractivity (Wildman–Crippen MR) is 95.4 cm³/mol. The van der Waals surface area contributed by atoms with Gasteiger partial charge in [0.1, 0.15) is 6.10 Å². The van der Waals surface area contributed by atoms with E-state index in [0.717, 1.165) is 37.8 Å². The normalized spacial score (nSPS) is 26.8. The van der Waals surface area contributed by atoms with Crippen molar-refractivity contribution in [3.05, 3.63) is 29.8 Å². The number of piperidine rings is 1. The molecule has 0 spiro atoms. The first-order valence-electron chi connectivity index (χ1n) is 9.46. The van der Waals surface area contributed by atoms with E-state index < -0.39 is 0 Å². The molecule has 2 unspecified atom stereocenters. The van der Waals surface area contributed by atoms with Gasteiger partial charge < -0.3 is 14.5 Å². The van der Waals surface area contributed by atoms with Crippen molar-refractivity contribution in [3.63, 3.8) is 0 Å². The predicted octanol–water partition coefficient (Wildman–Crippen LogP) is 2.38. The topological polar surface area (TPSA) is 49.9 Å². The van der Waals surface area contributed by atoms with Crippen molar-refractivity contribution in [1.82, 2.24) is 4.90 Å². The molecule has 0 aliphatic carbocycles. The Kier molecular flexibility index (Phi) is 4.50. The van der Waals surface area contributed by atoms with Crippen LogP contribution in [0, 0.1) is 5.92 Å². The SMILES string of the molecule is CC1Cc2ccccc2N1C(=O)C1CCN(C(=O)C2CCCO2)CC1. The number of hydrogen-bond donors (Lipinski definition) is 0. The van der Waals surface area contributed by atoms with E-state index in [2.05, 4.69) is 13.0 Å². The maximum Gasteiger partial charge on any atom is 0.251 e. The van der Waals surface area contributed by atoms with Crippen molar-refractivity contribution in [3.8, 4) is 0 Å². The second-order valence-electron chi connectivity index (χ2n) is 7.49. The Labute approximate surface area is 148 Å². The fraction of sp³-hybridized carbons (Fsp3) is 0.600. The first-order valence-corrected chi connectivity index (χ1v) is 9.46. The number of rotatable bonds is 2. The molecule has 1 aromatic rings. The Balaban J connectivity index is 1.39. The van der Waals surface area contributed by atoms with Crippen molar-refractivity contribution in [2.24, 2.45) is 5.92 Å². The molecule has 0 bridgehead atoms. The fourth-order valence-electron chi connectivity index (χ4n) is 4.42. The molecule has 134 valence electrons. The molecule has 5 heteroatoms. The van der Waals surface area contributed by atoms with Crippen LogP contribution in [-0.2, 0) is 20.7 Å². The van der Waals surface area contributed by atoms with E-state index in [1.165, 1.54) is 5.56 Å². The van der Waals surface area contributed by atoms with Crippen LogP contribution in [0.1, 0.15) is 38.2 Å². The monoisotopic (exact) mass is 342 g/mol. The smallest absolute Gasteiger partial charge is 0.251 e. The third-order valence-electron chi connectivity index (χ3n) is 5.81. The number of likely N-dealkylation sites (tertiary alicyclic amines) is 1. The average Bonchev–Trinajstić information content (AvgIpc) is 3.27. The maximum absolute atomic E-state index is 13.1. The zero-order chi connectivity index (χ0) is 17.4. The Morgan fingerprint density at radius 3 is 2.56 bits per heavy atom. The number of para-hydroxylation sites is 1. The second kappa shape index (κ2) is 6.79. The van der Waals surface area contributed by atoms with Crippen LogP contribution in [-0.4, -0.2) is 48.6 Å². The number of hydrogen-bond acceptors (Lipinski definition) is 3. The third-order valence-corrected chi connectivity index (χ3v) is 5.81. The van der Waals surface area contributed by atoms with Gasteiger partial charge in [-0.2, -0.15) is 0 Å². The zero-order valence-electron chi connectivity index (χ0n) is 14.8. The van der Waals surface area contributed by atoms with Gasteiger partial charge in [-0.25, -0.2) is 0 Å². The highest BCUT2D eigenvalue weighted by Gasteiger charge is 2.37. The van der Waals surface area contributed by atoms with Crippen LogP contribution in [0.2, 0.25) is 0 Å². The summed E-state index contributed by atoms with van der Waals surface area (Å²) in [7, 11) is 0. The van der Waals surface area contributed by atoms with Crippen LogP contribution in [0.3, 0.4) is 0 Å². The van der Waals surface area contributed by atoms with Gasteiger partial charge in [0, 0.05) is 37.3 Å². The van der Waals surface area contributed by atoms with E-state index in [1.54, 1.807) is 0 Å². The minimum atomic E-state index is -0.252. The summed E-state index contributed by atoms with van der Waals surface area (Å²) in [6.07, 6.45) is 3.99. The van der Waals surface area contributed by atoms with Gasteiger partial charge in [0.2, 0.25) is 5.91 Å². The van der Waals surface area contributed by atoms with E-state index in [4.69, 9.17) is 4.74 Å². The van der Waals surface area contributed by atoms with Crippen molar-refractivity contribution < 1.29 is 14.3 Å². The van der Waals surface area contributed by atoms with E-state index in [9.17, 15) is 9.59 Å². The molecule has 0 radical (unpaired) electrons. The Morgan fingerprint density at radius 1 is 1.08 bits per heavy atom. The highest BCUT2D eigenvalue weighted by Crippen LogP contribution is 2.34. The quantitative estimate of drug-likeness (QED) is 0.829. The summed E-state index contributed by atoms with van der Waals surface area (Å²) in [5.74, 6) is 0.354. The molecule has 1 aromatic carbocycles. The van der Waals surface area contributed by atoms with Gasteiger partial charge in [0.25, 0.3) is 5.91 Å². The molecule has 3 heterocycles. The van der Waals surface area contributed by atoms with Gasteiger partial charge in [0.15, 0.2) is 0 Å². The molecule has 3 aliphatic heterocycles. The highest BCUT2D eigenvalue weighted by atomic mass is 16.5. The summed E-state index contributed by atoms with van der Waals surface area (Å²) in [5, 5.41) is 0. The van der Waals surface area contributed by atoms with Crippen LogP contribution < -0.4 is 4.90 Å². The van der Waals surface area contributed by atoms with Crippen LogP contribution in [0.15, 0.2) is 24.3 Å². The van der Waals surface area contributed by atoms with Crippen molar-refractivity contribution >= 4 is 17.5 Å². The molecule has 0 saturated carbocycles. The molecule has 3 aliphatic rings. The number of fused-ring (bicyclic) bond motifs is 1. The summed E-state index contributed by atoms with van der Waals surface area (Å²) in [4.78, 5) is 29.4. The Morgan fingerprint density at radius 2 is 1.84 bits per heavy atom. The average molecular weight is 342 g/mol.